The highest BCUT2D eigenvalue weighted by atomic mass is 19.4. The number of hydrogen-bond acceptors (Lipinski definition) is 5. The number of piperidine rings is 1. The molecule has 0 aliphatic carbocycles. The standard InChI is InChI=1S/C18H27F3N4O/c1-13-11-24(12-14(2)26-13)8-4-15-5-9-25(10-6-15)17-22-7-3-16(23-17)18(19,20)21/h3,7,13-15H,4-6,8-12H2,1-2H3. The maximum absolute atomic E-state index is 12.8. The Kier molecular flexibility index (Phi) is 6.02. The molecule has 0 spiro atoms. The van der Waals surface area contributed by atoms with Gasteiger partial charge in [0.2, 0.25) is 5.95 Å². The van der Waals surface area contributed by atoms with Crippen molar-refractivity contribution in [2.24, 2.45) is 5.92 Å². The smallest absolute Gasteiger partial charge is 0.373 e. The van der Waals surface area contributed by atoms with E-state index in [1.807, 2.05) is 4.90 Å². The van der Waals surface area contributed by atoms with Crippen LogP contribution in [0.2, 0.25) is 0 Å². The SMILES string of the molecule is CC1CN(CCC2CCN(c3nccc(C(F)(F)F)n3)CC2)CC(C)O1. The van der Waals surface area contributed by atoms with Crippen LogP contribution >= 0.6 is 0 Å². The maximum atomic E-state index is 12.8. The molecule has 0 saturated carbocycles. The first-order chi connectivity index (χ1) is 12.3. The summed E-state index contributed by atoms with van der Waals surface area (Å²) in [5.41, 5.74) is -0.875. The first-order valence-electron chi connectivity index (χ1n) is 9.34. The number of anilines is 1. The summed E-state index contributed by atoms with van der Waals surface area (Å²) in [6, 6.07) is 0.917. The molecule has 0 aromatic carbocycles. The fraction of sp³-hybridized carbons (Fsp3) is 0.778. The van der Waals surface area contributed by atoms with Crippen LogP contribution in [0.3, 0.4) is 0 Å². The minimum atomic E-state index is -4.43. The van der Waals surface area contributed by atoms with Gasteiger partial charge < -0.3 is 9.64 Å². The van der Waals surface area contributed by atoms with E-state index in [0.29, 0.717) is 19.0 Å². The lowest BCUT2D eigenvalue weighted by Crippen LogP contribution is -2.46. The first-order valence-corrected chi connectivity index (χ1v) is 9.34. The van der Waals surface area contributed by atoms with E-state index in [-0.39, 0.29) is 18.2 Å². The molecule has 0 N–H and O–H groups in total. The zero-order valence-electron chi connectivity index (χ0n) is 15.4. The third-order valence-corrected chi connectivity index (χ3v) is 5.18. The molecule has 0 bridgehead atoms. The van der Waals surface area contributed by atoms with Gasteiger partial charge in [-0.1, -0.05) is 0 Å². The van der Waals surface area contributed by atoms with Crippen LogP contribution < -0.4 is 4.90 Å². The average molecular weight is 372 g/mol. The van der Waals surface area contributed by atoms with Gasteiger partial charge in [-0.15, -0.1) is 0 Å². The lowest BCUT2D eigenvalue weighted by Gasteiger charge is -2.37. The summed E-state index contributed by atoms with van der Waals surface area (Å²) in [5, 5.41) is 0. The number of halogens is 3. The minimum Gasteiger partial charge on any atom is -0.373 e. The van der Waals surface area contributed by atoms with Crippen molar-refractivity contribution in [1.82, 2.24) is 14.9 Å². The lowest BCUT2D eigenvalue weighted by atomic mass is 9.93. The van der Waals surface area contributed by atoms with Crippen molar-refractivity contribution in [3.63, 3.8) is 0 Å². The van der Waals surface area contributed by atoms with Crippen molar-refractivity contribution >= 4 is 5.95 Å². The van der Waals surface area contributed by atoms with Gasteiger partial charge in [-0.05, 0) is 51.6 Å². The number of morpholine rings is 1. The largest absolute Gasteiger partial charge is 0.433 e. The van der Waals surface area contributed by atoms with E-state index in [2.05, 4.69) is 28.7 Å². The van der Waals surface area contributed by atoms with Crippen LogP contribution in [0.15, 0.2) is 12.3 Å². The van der Waals surface area contributed by atoms with Crippen molar-refractivity contribution in [2.45, 2.75) is 51.5 Å². The fourth-order valence-corrected chi connectivity index (χ4v) is 3.91. The molecular weight excluding hydrogens is 345 g/mol. The van der Waals surface area contributed by atoms with Crippen molar-refractivity contribution in [3.05, 3.63) is 18.0 Å². The Morgan fingerprint density at radius 3 is 2.42 bits per heavy atom. The van der Waals surface area contributed by atoms with Crippen LogP contribution in [0.4, 0.5) is 19.1 Å². The molecule has 26 heavy (non-hydrogen) atoms. The quantitative estimate of drug-likeness (QED) is 0.812. The van der Waals surface area contributed by atoms with E-state index < -0.39 is 11.9 Å². The molecule has 0 radical (unpaired) electrons. The van der Waals surface area contributed by atoms with E-state index >= 15 is 0 Å². The summed E-state index contributed by atoms with van der Waals surface area (Å²) in [6.45, 7) is 8.64. The molecule has 2 aliphatic heterocycles. The van der Waals surface area contributed by atoms with Crippen LogP contribution in [0.25, 0.3) is 0 Å². The number of ether oxygens (including phenoxy) is 1. The highest BCUT2D eigenvalue weighted by molar-refractivity contribution is 5.31. The molecule has 2 unspecified atom stereocenters. The van der Waals surface area contributed by atoms with Gasteiger partial charge in [0.15, 0.2) is 0 Å². The topological polar surface area (TPSA) is 41.5 Å². The average Bonchev–Trinajstić information content (AvgIpc) is 2.59. The van der Waals surface area contributed by atoms with Gasteiger partial charge >= 0.3 is 6.18 Å². The third-order valence-electron chi connectivity index (χ3n) is 5.18. The van der Waals surface area contributed by atoms with E-state index in [0.717, 1.165) is 45.0 Å². The summed E-state index contributed by atoms with van der Waals surface area (Å²) >= 11 is 0. The Bertz CT molecular complexity index is 580. The van der Waals surface area contributed by atoms with E-state index in [1.165, 1.54) is 6.20 Å². The molecule has 8 heteroatoms. The van der Waals surface area contributed by atoms with Crippen molar-refractivity contribution in [2.75, 3.05) is 37.6 Å². The maximum Gasteiger partial charge on any atom is 0.433 e. The first kappa shape index (κ1) is 19.4. The van der Waals surface area contributed by atoms with Crippen LogP contribution in [0.1, 0.15) is 38.8 Å². The molecular formula is C18H27F3N4O. The van der Waals surface area contributed by atoms with Gasteiger partial charge in [0.25, 0.3) is 0 Å². The fourth-order valence-electron chi connectivity index (χ4n) is 3.91. The number of nitrogens with zero attached hydrogens (tertiary/aromatic N) is 4. The molecule has 5 nitrogen and oxygen atoms in total. The second-order valence-electron chi connectivity index (χ2n) is 7.48. The Labute approximate surface area is 152 Å². The summed E-state index contributed by atoms with van der Waals surface area (Å²) in [7, 11) is 0. The van der Waals surface area contributed by atoms with Crippen molar-refractivity contribution in [1.29, 1.82) is 0 Å². The molecule has 2 fully saturated rings. The van der Waals surface area contributed by atoms with E-state index in [1.54, 1.807) is 0 Å². The lowest BCUT2D eigenvalue weighted by molar-refractivity contribution is -0.141. The zero-order valence-corrected chi connectivity index (χ0v) is 15.4. The Hall–Kier alpha value is -1.41. The number of hydrogen-bond donors (Lipinski definition) is 0. The Morgan fingerprint density at radius 2 is 1.81 bits per heavy atom. The molecule has 2 atom stereocenters. The molecule has 3 rings (SSSR count). The normalized spacial score (nSPS) is 26.3. The van der Waals surface area contributed by atoms with Gasteiger partial charge in [0.05, 0.1) is 12.2 Å². The Balaban J connectivity index is 1.47. The van der Waals surface area contributed by atoms with Gasteiger partial charge in [0.1, 0.15) is 5.69 Å². The van der Waals surface area contributed by atoms with Crippen LogP contribution in [-0.4, -0.2) is 59.8 Å². The van der Waals surface area contributed by atoms with Gasteiger partial charge in [-0.2, -0.15) is 13.2 Å². The summed E-state index contributed by atoms with van der Waals surface area (Å²) in [5.74, 6) is 0.791. The molecule has 1 aromatic heterocycles. The van der Waals surface area contributed by atoms with E-state index in [4.69, 9.17) is 4.74 Å². The predicted molar refractivity (Wildman–Crippen MR) is 93.0 cm³/mol. The summed E-state index contributed by atoms with van der Waals surface area (Å²) in [6.07, 6.45) is 0.374. The molecule has 146 valence electrons. The zero-order chi connectivity index (χ0) is 18.7. The van der Waals surface area contributed by atoms with Gasteiger partial charge in [-0.3, -0.25) is 4.90 Å². The predicted octanol–water partition coefficient (Wildman–Crippen LogP) is 3.21. The number of rotatable bonds is 4. The van der Waals surface area contributed by atoms with Crippen molar-refractivity contribution < 1.29 is 17.9 Å². The second kappa shape index (κ2) is 8.08. The monoisotopic (exact) mass is 372 g/mol. The second-order valence-corrected chi connectivity index (χ2v) is 7.48. The van der Waals surface area contributed by atoms with Gasteiger partial charge in [0, 0.05) is 32.4 Å². The third kappa shape index (κ3) is 5.07. The highest BCUT2D eigenvalue weighted by Gasteiger charge is 2.33. The van der Waals surface area contributed by atoms with Crippen LogP contribution in [-0.2, 0) is 10.9 Å². The van der Waals surface area contributed by atoms with E-state index in [9.17, 15) is 13.2 Å². The van der Waals surface area contributed by atoms with Crippen LogP contribution in [0.5, 0.6) is 0 Å². The number of aromatic nitrogens is 2. The highest BCUT2D eigenvalue weighted by Crippen LogP contribution is 2.29. The minimum absolute atomic E-state index is 0.189. The summed E-state index contributed by atoms with van der Waals surface area (Å²) < 4.78 is 44.2. The number of alkyl halides is 3. The molecule has 2 aliphatic rings. The molecule has 3 heterocycles. The van der Waals surface area contributed by atoms with Crippen molar-refractivity contribution in [3.8, 4) is 0 Å². The van der Waals surface area contributed by atoms with Gasteiger partial charge in [-0.25, -0.2) is 9.97 Å². The summed E-state index contributed by atoms with van der Waals surface area (Å²) in [4.78, 5) is 12.1. The Morgan fingerprint density at radius 1 is 1.15 bits per heavy atom. The molecule has 0 amide bonds. The van der Waals surface area contributed by atoms with Crippen LogP contribution in [0, 0.1) is 5.92 Å². The molecule has 1 aromatic rings. The molecule has 2 saturated heterocycles.